The molecule has 0 aliphatic rings. The lowest BCUT2D eigenvalue weighted by atomic mass is 9.89. The molecule has 0 aromatic rings. The fourth-order valence-corrected chi connectivity index (χ4v) is 1.32. The molecule has 17 heavy (non-hydrogen) atoms. The van der Waals surface area contributed by atoms with Crippen LogP contribution < -0.4 is 10.6 Å². The maximum atomic E-state index is 11.4. The van der Waals surface area contributed by atoms with Crippen LogP contribution in [0.5, 0.6) is 0 Å². The van der Waals surface area contributed by atoms with Crippen molar-refractivity contribution in [1.29, 1.82) is 0 Å². The number of amides is 2. The fraction of sp³-hybridized carbons (Fsp3) is 0.917. The summed E-state index contributed by atoms with van der Waals surface area (Å²) in [7, 11) is 0. The van der Waals surface area contributed by atoms with Crippen molar-refractivity contribution in [1.82, 2.24) is 10.6 Å². The molecular weight excluding hydrogens is 220 g/mol. The van der Waals surface area contributed by atoms with E-state index < -0.39 is 5.60 Å². The molecule has 0 aliphatic carbocycles. The molecule has 0 rings (SSSR count). The SMILES string of the molecule is CCOCCNC(=O)NCC(C)(O)C(C)CC. The van der Waals surface area contributed by atoms with Gasteiger partial charge in [-0.3, -0.25) is 0 Å². The van der Waals surface area contributed by atoms with E-state index in [1.165, 1.54) is 0 Å². The lowest BCUT2D eigenvalue weighted by molar-refractivity contribution is 0.00787. The molecule has 3 N–H and O–H groups in total. The second kappa shape index (κ2) is 8.31. The van der Waals surface area contributed by atoms with E-state index in [1.54, 1.807) is 6.92 Å². The molecule has 2 unspecified atom stereocenters. The minimum Gasteiger partial charge on any atom is -0.388 e. The first-order valence-corrected chi connectivity index (χ1v) is 6.25. The average molecular weight is 246 g/mol. The number of hydrogen-bond donors (Lipinski definition) is 3. The molecule has 0 aromatic heterocycles. The van der Waals surface area contributed by atoms with Crippen molar-refractivity contribution in [2.75, 3.05) is 26.3 Å². The summed E-state index contributed by atoms with van der Waals surface area (Å²) >= 11 is 0. The lowest BCUT2D eigenvalue weighted by Crippen LogP contribution is -2.48. The number of hydrogen-bond acceptors (Lipinski definition) is 3. The Balaban J connectivity index is 3.75. The van der Waals surface area contributed by atoms with Crippen LogP contribution in [0.3, 0.4) is 0 Å². The molecule has 0 aliphatic heterocycles. The molecule has 0 spiro atoms. The third-order valence-corrected chi connectivity index (χ3v) is 3.02. The van der Waals surface area contributed by atoms with Gasteiger partial charge in [-0.1, -0.05) is 20.3 Å². The zero-order chi connectivity index (χ0) is 13.3. The van der Waals surface area contributed by atoms with Crippen LogP contribution in [-0.2, 0) is 4.74 Å². The predicted octanol–water partition coefficient (Wildman–Crippen LogP) is 1.12. The lowest BCUT2D eigenvalue weighted by Gasteiger charge is -2.29. The van der Waals surface area contributed by atoms with Gasteiger partial charge in [0.05, 0.1) is 12.2 Å². The summed E-state index contributed by atoms with van der Waals surface area (Å²) in [5.74, 6) is 0.145. The predicted molar refractivity (Wildman–Crippen MR) is 68.0 cm³/mol. The molecule has 0 saturated carbocycles. The van der Waals surface area contributed by atoms with E-state index in [-0.39, 0.29) is 18.5 Å². The molecule has 0 bridgehead atoms. The highest BCUT2D eigenvalue weighted by molar-refractivity contribution is 5.73. The van der Waals surface area contributed by atoms with Crippen LogP contribution in [0.15, 0.2) is 0 Å². The van der Waals surface area contributed by atoms with Crippen molar-refractivity contribution in [3.05, 3.63) is 0 Å². The summed E-state index contributed by atoms with van der Waals surface area (Å²) in [5, 5.41) is 15.4. The number of urea groups is 1. The smallest absolute Gasteiger partial charge is 0.314 e. The van der Waals surface area contributed by atoms with E-state index in [2.05, 4.69) is 10.6 Å². The molecule has 2 amide bonds. The van der Waals surface area contributed by atoms with Crippen LogP contribution in [0.4, 0.5) is 4.79 Å². The van der Waals surface area contributed by atoms with Gasteiger partial charge in [0.15, 0.2) is 0 Å². The third-order valence-electron chi connectivity index (χ3n) is 3.02. The maximum Gasteiger partial charge on any atom is 0.314 e. The molecule has 0 saturated heterocycles. The number of carbonyl (C=O) groups is 1. The largest absolute Gasteiger partial charge is 0.388 e. The Kier molecular flexibility index (Phi) is 7.91. The molecule has 0 fully saturated rings. The summed E-state index contributed by atoms with van der Waals surface area (Å²) in [6.07, 6.45) is 0.876. The minimum atomic E-state index is -0.869. The van der Waals surface area contributed by atoms with Crippen molar-refractivity contribution in [2.45, 2.75) is 39.7 Å². The standard InChI is InChI=1S/C12H26N2O3/c1-5-10(3)12(4,16)9-14-11(15)13-7-8-17-6-2/h10,16H,5-9H2,1-4H3,(H2,13,14,15). The highest BCUT2D eigenvalue weighted by Crippen LogP contribution is 2.18. The highest BCUT2D eigenvalue weighted by atomic mass is 16.5. The van der Waals surface area contributed by atoms with Gasteiger partial charge < -0.3 is 20.5 Å². The Morgan fingerprint density at radius 2 is 2.06 bits per heavy atom. The maximum absolute atomic E-state index is 11.4. The minimum absolute atomic E-state index is 0.145. The Bertz CT molecular complexity index is 220. The van der Waals surface area contributed by atoms with E-state index in [0.717, 1.165) is 6.42 Å². The van der Waals surface area contributed by atoms with Crippen LogP contribution in [0.2, 0.25) is 0 Å². The quantitative estimate of drug-likeness (QED) is 0.562. The Morgan fingerprint density at radius 3 is 2.59 bits per heavy atom. The molecule has 2 atom stereocenters. The average Bonchev–Trinajstić information content (AvgIpc) is 2.31. The van der Waals surface area contributed by atoms with E-state index in [4.69, 9.17) is 4.74 Å². The van der Waals surface area contributed by atoms with Gasteiger partial charge in [0.1, 0.15) is 0 Å². The molecule has 5 nitrogen and oxygen atoms in total. The van der Waals surface area contributed by atoms with Crippen molar-refractivity contribution in [3.8, 4) is 0 Å². The Hall–Kier alpha value is -0.810. The Morgan fingerprint density at radius 1 is 1.41 bits per heavy atom. The van der Waals surface area contributed by atoms with Gasteiger partial charge in [-0.15, -0.1) is 0 Å². The van der Waals surface area contributed by atoms with E-state index in [0.29, 0.717) is 19.8 Å². The number of aliphatic hydroxyl groups is 1. The molecule has 0 aromatic carbocycles. The van der Waals surface area contributed by atoms with Crippen molar-refractivity contribution in [3.63, 3.8) is 0 Å². The number of nitrogens with one attached hydrogen (secondary N) is 2. The number of carbonyl (C=O) groups excluding carboxylic acids is 1. The monoisotopic (exact) mass is 246 g/mol. The van der Waals surface area contributed by atoms with Gasteiger partial charge in [-0.05, 0) is 19.8 Å². The van der Waals surface area contributed by atoms with Gasteiger partial charge in [-0.25, -0.2) is 4.79 Å². The van der Waals surface area contributed by atoms with Gasteiger partial charge in [0.2, 0.25) is 0 Å². The topological polar surface area (TPSA) is 70.6 Å². The first-order chi connectivity index (χ1) is 7.94. The van der Waals surface area contributed by atoms with E-state index in [9.17, 15) is 9.90 Å². The summed E-state index contributed by atoms with van der Waals surface area (Å²) in [5.41, 5.74) is -0.869. The van der Waals surface area contributed by atoms with Crippen molar-refractivity contribution >= 4 is 6.03 Å². The first kappa shape index (κ1) is 16.2. The highest BCUT2D eigenvalue weighted by Gasteiger charge is 2.27. The van der Waals surface area contributed by atoms with Crippen LogP contribution >= 0.6 is 0 Å². The second-order valence-corrected chi connectivity index (χ2v) is 4.47. The third kappa shape index (κ3) is 7.18. The van der Waals surface area contributed by atoms with E-state index >= 15 is 0 Å². The van der Waals surface area contributed by atoms with Crippen LogP contribution in [0.25, 0.3) is 0 Å². The fourth-order valence-electron chi connectivity index (χ4n) is 1.32. The zero-order valence-corrected chi connectivity index (χ0v) is 11.4. The second-order valence-electron chi connectivity index (χ2n) is 4.47. The summed E-state index contributed by atoms with van der Waals surface area (Å²) in [4.78, 5) is 11.4. The first-order valence-electron chi connectivity index (χ1n) is 6.25. The number of ether oxygens (including phenoxy) is 1. The van der Waals surface area contributed by atoms with Crippen LogP contribution in [0.1, 0.15) is 34.1 Å². The molecule has 5 heteroatoms. The molecular formula is C12H26N2O3. The van der Waals surface area contributed by atoms with Crippen LogP contribution in [-0.4, -0.2) is 43.0 Å². The van der Waals surface area contributed by atoms with Gasteiger partial charge in [0, 0.05) is 19.7 Å². The molecule has 0 heterocycles. The van der Waals surface area contributed by atoms with Crippen LogP contribution in [0, 0.1) is 5.92 Å². The molecule has 102 valence electrons. The zero-order valence-electron chi connectivity index (χ0n) is 11.4. The van der Waals surface area contributed by atoms with Crippen molar-refractivity contribution in [2.24, 2.45) is 5.92 Å². The van der Waals surface area contributed by atoms with Gasteiger partial charge in [0.25, 0.3) is 0 Å². The summed E-state index contributed by atoms with van der Waals surface area (Å²) in [6.45, 7) is 9.51. The normalized spacial score (nSPS) is 16.1. The van der Waals surface area contributed by atoms with E-state index in [1.807, 2.05) is 20.8 Å². The van der Waals surface area contributed by atoms with Gasteiger partial charge in [-0.2, -0.15) is 0 Å². The van der Waals surface area contributed by atoms with Crippen molar-refractivity contribution < 1.29 is 14.6 Å². The number of rotatable bonds is 8. The molecule has 0 radical (unpaired) electrons. The van der Waals surface area contributed by atoms with Gasteiger partial charge >= 0.3 is 6.03 Å². The summed E-state index contributed by atoms with van der Waals surface area (Å²) in [6, 6.07) is -0.270. The Labute approximate surface area is 104 Å². The summed E-state index contributed by atoms with van der Waals surface area (Å²) < 4.78 is 5.09.